The van der Waals surface area contributed by atoms with E-state index >= 15 is 0 Å². The van der Waals surface area contributed by atoms with E-state index in [2.05, 4.69) is 24.1 Å². The molecule has 144 valence electrons. The van der Waals surface area contributed by atoms with Crippen LogP contribution in [0.25, 0.3) is 0 Å². The summed E-state index contributed by atoms with van der Waals surface area (Å²) < 4.78 is 5.74. The van der Waals surface area contributed by atoms with Gasteiger partial charge in [0.05, 0.1) is 18.8 Å². The van der Waals surface area contributed by atoms with Crippen molar-refractivity contribution in [2.24, 2.45) is 11.7 Å². The van der Waals surface area contributed by atoms with Gasteiger partial charge in [-0.05, 0) is 17.9 Å². The Kier molecular flexibility index (Phi) is 12.1. The number of nitrogens with one attached hydrogen (secondary N) is 1. The predicted octanol–water partition coefficient (Wildman–Crippen LogP) is 1.87. The first-order valence-electron chi connectivity index (χ1n) is 8.45. The van der Waals surface area contributed by atoms with Crippen LogP contribution < -0.4 is 11.1 Å². The highest BCUT2D eigenvalue weighted by atomic mass is 35.5. The quantitative estimate of drug-likeness (QED) is 0.744. The van der Waals surface area contributed by atoms with E-state index in [1.807, 2.05) is 30.3 Å². The number of halogens is 2. The summed E-state index contributed by atoms with van der Waals surface area (Å²) in [5.41, 5.74) is 7.07. The van der Waals surface area contributed by atoms with Gasteiger partial charge in [0.25, 0.3) is 0 Å². The molecule has 3 N–H and O–H groups in total. The van der Waals surface area contributed by atoms with Crippen molar-refractivity contribution in [3.8, 4) is 0 Å². The molecule has 1 aromatic rings. The average Bonchev–Trinajstić information content (AvgIpc) is 2.53. The minimum absolute atomic E-state index is 0. The van der Waals surface area contributed by atoms with E-state index < -0.39 is 6.04 Å². The van der Waals surface area contributed by atoms with Crippen LogP contribution in [0.4, 0.5) is 0 Å². The zero-order valence-corrected chi connectivity index (χ0v) is 16.7. The van der Waals surface area contributed by atoms with Crippen molar-refractivity contribution in [3.63, 3.8) is 0 Å². The van der Waals surface area contributed by atoms with Gasteiger partial charge in [-0.25, -0.2) is 0 Å². The molecule has 0 radical (unpaired) electrons. The normalized spacial score (nSPS) is 18.8. The van der Waals surface area contributed by atoms with Crippen LogP contribution in [0.2, 0.25) is 0 Å². The zero-order valence-electron chi connectivity index (χ0n) is 15.0. The predicted molar refractivity (Wildman–Crippen MR) is 107 cm³/mol. The fourth-order valence-corrected chi connectivity index (χ4v) is 2.89. The number of rotatable bonds is 7. The van der Waals surface area contributed by atoms with Crippen LogP contribution in [0.5, 0.6) is 0 Å². The summed E-state index contributed by atoms with van der Waals surface area (Å²) in [6.07, 6.45) is 0.605. The van der Waals surface area contributed by atoms with Crippen LogP contribution in [-0.4, -0.2) is 55.7 Å². The Hall–Kier alpha value is -0.850. The first-order valence-corrected chi connectivity index (χ1v) is 8.45. The van der Waals surface area contributed by atoms with E-state index in [1.54, 1.807) is 0 Å². The number of benzene rings is 1. The molecule has 0 aliphatic carbocycles. The van der Waals surface area contributed by atoms with Crippen molar-refractivity contribution >= 4 is 30.7 Å². The average molecular weight is 392 g/mol. The Balaban J connectivity index is 0.00000288. The van der Waals surface area contributed by atoms with E-state index in [9.17, 15) is 4.79 Å². The molecule has 1 aliphatic rings. The molecule has 2 rings (SSSR count). The summed E-state index contributed by atoms with van der Waals surface area (Å²) >= 11 is 0. The molecule has 1 fully saturated rings. The first kappa shape index (κ1) is 24.1. The fraction of sp³-hybridized carbons (Fsp3) is 0.611. The minimum atomic E-state index is -0.521. The van der Waals surface area contributed by atoms with Crippen molar-refractivity contribution in [2.45, 2.75) is 32.4 Å². The molecule has 25 heavy (non-hydrogen) atoms. The Morgan fingerprint density at radius 2 is 2.00 bits per heavy atom. The van der Waals surface area contributed by atoms with Gasteiger partial charge >= 0.3 is 0 Å². The highest BCUT2D eigenvalue weighted by molar-refractivity contribution is 5.85. The van der Waals surface area contributed by atoms with Crippen LogP contribution in [0.3, 0.4) is 0 Å². The molecule has 1 heterocycles. The van der Waals surface area contributed by atoms with Crippen LogP contribution in [0.15, 0.2) is 30.3 Å². The highest BCUT2D eigenvalue weighted by Gasteiger charge is 2.22. The zero-order chi connectivity index (χ0) is 16.7. The molecule has 7 heteroatoms. The SMILES string of the molecule is CC(C)CN1CCOC(CNC(=O)C(N)Cc2ccccc2)C1.Cl.Cl. The van der Waals surface area contributed by atoms with Crippen molar-refractivity contribution in [1.82, 2.24) is 10.2 Å². The summed E-state index contributed by atoms with van der Waals surface area (Å²) in [6.45, 7) is 8.59. The number of carbonyl (C=O) groups excluding carboxylic acids is 1. The van der Waals surface area contributed by atoms with Crippen LogP contribution in [0.1, 0.15) is 19.4 Å². The number of amides is 1. The van der Waals surface area contributed by atoms with E-state index in [1.165, 1.54) is 0 Å². The third-order valence-electron chi connectivity index (χ3n) is 3.99. The van der Waals surface area contributed by atoms with Gasteiger partial charge < -0.3 is 15.8 Å². The summed E-state index contributed by atoms with van der Waals surface area (Å²) in [6, 6.07) is 9.33. The van der Waals surface area contributed by atoms with E-state index in [0.717, 1.165) is 31.8 Å². The van der Waals surface area contributed by atoms with E-state index in [0.29, 0.717) is 18.9 Å². The summed E-state index contributed by atoms with van der Waals surface area (Å²) in [4.78, 5) is 14.5. The molecular formula is C18H31Cl2N3O2. The molecule has 0 spiro atoms. The maximum absolute atomic E-state index is 12.1. The molecule has 2 atom stereocenters. The number of hydrogen-bond donors (Lipinski definition) is 2. The number of morpholine rings is 1. The van der Waals surface area contributed by atoms with Crippen molar-refractivity contribution in [3.05, 3.63) is 35.9 Å². The second-order valence-electron chi connectivity index (χ2n) is 6.69. The smallest absolute Gasteiger partial charge is 0.237 e. The summed E-state index contributed by atoms with van der Waals surface area (Å²) in [5.74, 6) is 0.529. The lowest BCUT2D eigenvalue weighted by molar-refractivity contribution is -0.123. The molecule has 0 saturated carbocycles. The van der Waals surface area contributed by atoms with Gasteiger partial charge in [0.1, 0.15) is 0 Å². The van der Waals surface area contributed by atoms with Crippen LogP contribution in [-0.2, 0) is 16.0 Å². The number of ether oxygens (including phenoxy) is 1. The molecule has 1 saturated heterocycles. The van der Waals surface area contributed by atoms with Crippen LogP contribution >= 0.6 is 24.8 Å². The number of nitrogens with zero attached hydrogens (tertiary/aromatic N) is 1. The number of hydrogen-bond acceptors (Lipinski definition) is 4. The Bertz CT molecular complexity index is 488. The van der Waals surface area contributed by atoms with Gasteiger partial charge in [-0.1, -0.05) is 44.2 Å². The monoisotopic (exact) mass is 391 g/mol. The fourth-order valence-electron chi connectivity index (χ4n) is 2.89. The van der Waals surface area contributed by atoms with Gasteiger partial charge in [0.2, 0.25) is 5.91 Å². The maximum Gasteiger partial charge on any atom is 0.237 e. The lowest BCUT2D eigenvalue weighted by Crippen LogP contribution is -2.50. The van der Waals surface area contributed by atoms with Crippen molar-refractivity contribution in [2.75, 3.05) is 32.8 Å². The standard InChI is InChI=1S/C18H29N3O2.2ClH/c1-14(2)12-21-8-9-23-16(13-21)11-20-18(22)17(19)10-15-6-4-3-5-7-15;;/h3-7,14,16-17H,8-13,19H2,1-2H3,(H,20,22);2*1H. The third-order valence-corrected chi connectivity index (χ3v) is 3.99. The number of nitrogens with two attached hydrogens (primary N) is 1. The van der Waals surface area contributed by atoms with Gasteiger partial charge in [-0.3, -0.25) is 9.69 Å². The topological polar surface area (TPSA) is 67.6 Å². The lowest BCUT2D eigenvalue weighted by Gasteiger charge is -2.34. The van der Waals surface area contributed by atoms with Crippen molar-refractivity contribution < 1.29 is 9.53 Å². The number of carbonyl (C=O) groups is 1. The van der Waals surface area contributed by atoms with E-state index in [4.69, 9.17) is 10.5 Å². The molecule has 1 aliphatic heterocycles. The summed E-state index contributed by atoms with van der Waals surface area (Å²) in [7, 11) is 0. The maximum atomic E-state index is 12.1. The van der Waals surface area contributed by atoms with E-state index in [-0.39, 0.29) is 36.8 Å². The Morgan fingerprint density at radius 1 is 1.32 bits per heavy atom. The second-order valence-corrected chi connectivity index (χ2v) is 6.69. The van der Waals surface area contributed by atoms with Gasteiger partial charge in [0, 0.05) is 26.2 Å². The molecule has 5 nitrogen and oxygen atoms in total. The molecule has 0 aromatic heterocycles. The Labute approximate surface area is 163 Å². The van der Waals surface area contributed by atoms with Crippen molar-refractivity contribution in [1.29, 1.82) is 0 Å². The molecule has 1 amide bonds. The van der Waals surface area contributed by atoms with Gasteiger partial charge in [-0.2, -0.15) is 0 Å². The van der Waals surface area contributed by atoms with Crippen LogP contribution in [0, 0.1) is 5.92 Å². The molecule has 0 bridgehead atoms. The molecule has 2 unspecified atom stereocenters. The minimum Gasteiger partial charge on any atom is -0.374 e. The molecular weight excluding hydrogens is 361 g/mol. The highest BCUT2D eigenvalue weighted by Crippen LogP contribution is 2.08. The molecule has 1 aromatic carbocycles. The van der Waals surface area contributed by atoms with Gasteiger partial charge in [-0.15, -0.1) is 24.8 Å². The lowest BCUT2D eigenvalue weighted by atomic mass is 10.1. The van der Waals surface area contributed by atoms with Gasteiger partial charge in [0.15, 0.2) is 0 Å². The second kappa shape index (κ2) is 12.5. The largest absolute Gasteiger partial charge is 0.374 e. The summed E-state index contributed by atoms with van der Waals surface area (Å²) in [5, 5.41) is 2.93. The Morgan fingerprint density at radius 3 is 2.64 bits per heavy atom. The first-order chi connectivity index (χ1) is 11.0. The third kappa shape index (κ3) is 8.88.